The first-order valence-electron chi connectivity index (χ1n) is 8.45. The number of hydrogen-bond donors (Lipinski definition) is 0. The number of rotatable bonds is 5. The van der Waals surface area contributed by atoms with Gasteiger partial charge in [-0.05, 0) is 37.6 Å². The smallest absolute Gasteiger partial charge is 0.232 e. The third-order valence-electron chi connectivity index (χ3n) is 4.76. The Balaban J connectivity index is 1.75. The Bertz CT molecular complexity index is 702. The summed E-state index contributed by atoms with van der Waals surface area (Å²) in [7, 11) is 1.77. The van der Waals surface area contributed by atoms with E-state index in [1.54, 1.807) is 4.90 Å². The average Bonchev–Trinajstić information content (AvgIpc) is 2.87. The van der Waals surface area contributed by atoms with Crippen LogP contribution in [-0.4, -0.2) is 44.6 Å². The number of halogens is 1. The number of hydrogen-bond acceptors (Lipinski definition) is 4. The molecule has 24 heavy (non-hydrogen) atoms. The van der Waals surface area contributed by atoms with E-state index in [1.807, 2.05) is 18.2 Å². The topological polar surface area (TPSA) is 57.7 Å². The third kappa shape index (κ3) is 4.49. The van der Waals surface area contributed by atoms with Crippen molar-refractivity contribution in [3.63, 3.8) is 0 Å². The molecule has 0 saturated carbocycles. The molecule has 0 radical (unpaired) electrons. The Morgan fingerprint density at radius 3 is 2.54 bits per heavy atom. The Morgan fingerprint density at radius 1 is 1.12 bits per heavy atom. The Hall–Kier alpha value is -1.11. The lowest BCUT2D eigenvalue weighted by atomic mass is 10.1. The van der Waals surface area contributed by atoms with Crippen LogP contribution in [0.1, 0.15) is 31.2 Å². The highest BCUT2D eigenvalue weighted by Crippen LogP contribution is 2.30. The zero-order chi connectivity index (χ0) is 17.2. The highest BCUT2D eigenvalue weighted by Gasteiger charge is 2.34. The molecule has 2 aliphatic rings. The summed E-state index contributed by atoms with van der Waals surface area (Å²) < 4.78 is 22.6. The Labute approximate surface area is 148 Å². The molecule has 2 aliphatic heterocycles. The minimum absolute atomic E-state index is 0.0218. The van der Waals surface area contributed by atoms with Gasteiger partial charge in [-0.15, -0.1) is 0 Å². The van der Waals surface area contributed by atoms with Crippen molar-refractivity contribution in [3.8, 4) is 0 Å². The van der Waals surface area contributed by atoms with Crippen molar-refractivity contribution >= 4 is 31.3 Å². The summed E-state index contributed by atoms with van der Waals surface area (Å²) >= 11 is 0. The largest absolute Gasteiger partial charge is 0.312 e. The van der Waals surface area contributed by atoms with E-state index in [0.29, 0.717) is 6.54 Å². The Kier molecular flexibility index (Phi) is 5.47. The second-order valence-corrected chi connectivity index (χ2v) is 9.57. The molecule has 1 aromatic carbocycles. The summed E-state index contributed by atoms with van der Waals surface area (Å²) in [4.78, 5) is 16.5. The lowest BCUT2D eigenvalue weighted by Gasteiger charge is -2.28. The van der Waals surface area contributed by atoms with Crippen LogP contribution in [0.4, 0.5) is 5.69 Å². The van der Waals surface area contributed by atoms with Crippen molar-refractivity contribution in [2.75, 3.05) is 30.3 Å². The van der Waals surface area contributed by atoms with Gasteiger partial charge < -0.3 is 4.90 Å². The summed E-state index contributed by atoms with van der Waals surface area (Å²) in [5.74, 6) is -0.403. The molecule has 0 bridgehead atoms. The van der Waals surface area contributed by atoms with Crippen molar-refractivity contribution in [1.82, 2.24) is 4.90 Å². The third-order valence-corrected chi connectivity index (χ3v) is 6.01. The lowest BCUT2D eigenvalue weighted by molar-refractivity contribution is -0.117. The first kappa shape index (κ1) is 17.7. The fourth-order valence-electron chi connectivity index (χ4n) is 3.67. The van der Waals surface area contributed by atoms with E-state index in [1.165, 1.54) is 19.3 Å². The number of amides is 1. The van der Waals surface area contributed by atoms with Crippen LogP contribution in [0, 0.1) is 5.92 Å². The molecule has 2 heterocycles. The molecule has 5 nitrogen and oxygen atoms in total. The van der Waals surface area contributed by atoms with Gasteiger partial charge in [-0.25, -0.2) is 8.42 Å². The maximum Gasteiger partial charge on any atom is 0.232 e. The van der Waals surface area contributed by atoms with Gasteiger partial charge in [0.25, 0.3) is 0 Å². The van der Waals surface area contributed by atoms with Gasteiger partial charge >= 0.3 is 0 Å². The van der Waals surface area contributed by atoms with E-state index in [2.05, 4.69) is 11.0 Å². The molecule has 0 spiro atoms. The summed E-state index contributed by atoms with van der Waals surface area (Å²) in [6, 6.07) is 7.93. The van der Waals surface area contributed by atoms with Crippen molar-refractivity contribution in [2.45, 2.75) is 32.2 Å². The second-order valence-electron chi connectivity index (χ2n) is 6.75. The summed E-state index contributed by atoms with van der Waals surface area (Å²) in [6.07, 6.45) is 3.97. The molecule has 1 aromatic rings. The Morgan fingerprint density at radius 2 is 1.83 bits per heavy atom. The summed E-state index contributed by atoms with van der Waals surface area (Å²) in [5, 5.41) is 0. The van der Waals surface area contributed by atoms with Gasteiger partial charge in [0.1, 0.15) is 0 Å². The summed E-state index contributed by atoms with van der Waals surface area (Å²) in [5.41, 5.74) is 2.03. The molecule has 2 fully saturated rings. The van der Waals surface area contributed by atoms with Gasteiger partial charge in [-0.1, -0.05) is 24.6 Å². The monoisotopic (exact) mass is 370 g/mol. The van der Waals surface area contributed by atoms with Crippen molar-refractivity contribution in [2.24, 2.45) is 5.92 Å². The number of para-hydroxylation sites is 1. The number of nitrogens with zero attached hydrogens (tertiary/aromatic N) is 2. The molecular formula is C17H23ClN2O3S. The SMILES string of the molecule is O=C1CC(CS(=O)(=O)Cl)CN1c1ccccc1CN1CCCCC1. The number of likely N-dealkylation sites (tertiary alicyclic amines) is 1. The maximum atomic E-state index is 12.4. The minimum Gasteiger partial charge on any atom is -0.312 e. The van der Waals surface area contributed by atoms with Crippen LogP contribution in [-0.2, 0) is 20.4 Å². The molecule has 2 saturated heterocycles. The fourth-order valence-corrected chi connectivity index (χ4v) is 4.99. The molecule has 0 N–H and O–H groups in total. The molecular weight excluding hydrogens is 348 g/mol. The molecule has 1 atom stereocenters. The zero-order valence-corrected chi connectivity index (χ0v) is 15.2. The number of carbonyl (C=O) groups is 1. The van der Waals surface area contributed by atoms with E-state index < -0.39 is 9.05 Å². The maximum absolute atomic E-state index is 12.4. The van der Waals surface area contributed by atoms with Crippen LogP contribution in [0.5, 0.6) is 0 Å². The predicted octanol–water partition coefficient (Wildman–Crippen LogP) is 2.59. The molecule has 3 rings (SSSR count). The van der Waals surface area contributed by atoms with E-state index in [9.17, 15) is 13.2 Å². The number of piperidine rings is 1. The lowest BCUT2D eigenvalue weighted by Crippen LogP contribution is -2.31. The predicted molar refractivity (Wildman–Crippen MR) is 95.7 cm³/mol. The second kappa shape index (κ2) is 7.42. The van der Waals surface area contributed by atoms with Crippen LogP contribution in [0.15, 0.2) is 24.3 Å². The standard InChI is InChI=1S/C17H23ClN2O3S/c18-24(22,23)13-14-10-17(21)20(11-14)16-7-3-2-6-15(16)12-19-8-4-1-5-9-19/h2-3,6-7,14H,1,4-5,8-13H2. The van der Waals surface area contributed by atoms with Crippen molar-refractivity contribution < 1.29 is 13.2 Å². The number of benzene rings is 1. The van der Waals surface area contributed by atoms with Crippen LogP contribution in [0.25, 0.3) is 0 Å². The fraction of sp³-hybridized carbons (Fsp3) is 0.588. The van der Waals surface area contributed by atoms with Crippen molar-refractivity contribution in [3.05, 3.63) is 29.8 Å². The zero-order valence-electron chi connectivity index (χ0n) is 13.7. The first-order valence-corrected chi connectivity index (χ1v) is 10.9. The molecule has 1 amide bonds. The normalized spacial score (nSPS) is 23.0. The molecule has 1 unspecified atom stereocenters. The van der Waals surface area contributed by atoms with Crippen LogP contribution in [0.2, 0.25) is 0 Å². The first-order chi connectivity index (χ1) is 11.4. The molecule has 7 heteroatoms. The molecule has 0 aliphatic carbocycles. The van der Waals surface area contributed by atoms with Crippen LogP contribution < -0.4 is 4.90 Å². The molecule has 132 valence electrons. The van der Waals surface area contributed by atoms with E-state index >= 15 is 0 Å². The number of anilines is 1. The quantitative estimate of drug-likeness (QED) is 0.747. The number of carbonyl (C=O) groups excluding carboxylic acids is 1. The van der Waals surface area contributed by atoms with Crippen LogP contribution in [0.3, 0.4) is 0 Å². The van der Waals surface area contributed by atoms with Gasteiger partial charge in [0.05, 0.1) is 5.75 Å². The highest BCUT2D eigenvalue weighted by atomic mass is 35.7. The van der Waals surface area contributed by atoms with Gasteiger partial charge in [0.2, 0.25) is 15.0 Å². The minimum atomic E-state index is -3.58. The van der Waals surface area contributed by atoms with Gasteiger partial charge in [0.15, 0.2) is 0 Å². The average molecular weight is 371 g/mol. The summed E-state index contributed by atoms with van der Waals surface area (Å²) in [6.45, 7) is 3.44. The highest BCUT2D eigenvalue weighted by molar-refractivity contribution is 8.13. The molecule has 0 aromatic heterocycles. The van der Waals surface area contributed by atoms with E-state index in [4.69, 9.17) is 10.7 Å². The van der Waals surface area contributed by atoms with Gasteiger partial charge in [-0.3, -0.25) is 9.69 Å². The van der Waals surface area contributed by atoms with E-state index in [-0.39, 0.29) is 24.0 Å². The van der Waals surface area contributed by atoms with Gasteiger partial charge in [0, 0.05) is 41.8 Å². The van der Waals surface area contributed by atoms with Gasteiger partial charge in [-0.2, -0.15) is 0 Å². The van der Waals surface area contributed by atoms with Crippen molar-refractivity contribution in [1.29, 1.82) is 0 Å². The van der Waals surface area contributed by atoms with Crippen LogP contribution >= 0.6 is 10.7 Å². The van der Waals surface area contributed by atoms with E-state index in [0.717, 1.165) is 30.9 Å².